The minimum atomic E-state index is -4.26. The van der Waals surface area contributed by atoms with Gasteiger partial charge in [0.25, 0.3) is 10.1 Å². The largest absolute Gasteiger partial charge is 0.388 e. The molecule has 15 heavy (non-hydrogen) atoms. The first-order chi connectivity index (χ1) is 6.68. The summed E-state index contributed by atoms with van der Waals surface area (Å²) in [5.41, 5.74) is -1.39. The fourth-order valence-corrected chi connectivity index (χ4v) is 3.76. The van der Waals surface area contributed by atoms with Crippen molar-refractivity contribution in [2.75, 3.05) is 0 Å². The molecule has 0 saturated heterocycles. The molecule has 0 radical (unpaired) electrons. The molecule has 0 aliphatic carbocycles. The lowest BCUT2D eigenvalue weighted by Crippen LogP contribution is -2.56. The van der Waals surface area contributed by atoms with Crippen molar-refractivity contribution < 1.29 is 18.1 Å². The second-order valence-electron chi connectivity index (χ2n) is 4.20. The van der Waals surface area contributed by atoms with Gasteiger partial charge in [0, 0.05) is 0 Å². The molecule has 0 aromatic heterocycles. The van der Waals surface area contributed by atoms with Gasteiger partial charge in [0.05, 0.1) is 5.60 Å². The smallest absolute Gasteiger partial charge is 0.273 e. The van der Waals surface area contributed by atoms with Gasteiger partial charge < -0.3 is 5.11 Å². The van der Waals surface area contributed by atoms with E-state index in [4.69, 9.17) is 0 Å². The third-order valence-electron chi connectivity index (χ3n) is 3.35. The summed E-state index contributed by atoms with van der Waals surface area (Å²) in [5, 5.41) is 10.2. The molecule has 0 aliphatic heterocycles. The van der Waals surface area contributed by atoms with E-state index < -0.39 is 20.5 Å². The van der Waals surface area contributed by atoms with Crippen LogP contribution in [0.3, 0.4) is 0 Å². The Balaban J connectivity index is 5.48. The van der Waals surface area contributed by atoms with E-state index in [9.17, 15) is 18.1 Å². The number of aliphatic hydroxyl groups is 1. The van der Waals surface area contributed by atoms with E-state index in [1.165, 1.54) is 6.92 Å². The molecule has 1 atom stereocenters. The van der Waals surface area contributed by atoms with Crippen LogP contribution >= 0.6 is 0 Å². The first kappa shape index (κ1) is 14.9. The van der Waals surface area contributed by atoms with Crippen molar-refractivity contribution in [2.24, 2.45) is 0 Å². The lowest BCUT2D eigenvalue weighted by atomic mass is 9.81. The highest BCUT2D eigenvalue weighted by Gasteiger charge is 2.53. The fourth-order valence-electron chi connectivity index (χ4n) is 2.37. The lowest BCUT2D eigenvalue weighted by Gasteiger charge is -2.41. The summed E-state index contributed by atoms with van der Waals surface area (Å²) in [7, 11) is -4.26. The summed E-state index contributed by atoms with van der Waals surface area (Å²) in [6.45, 7) is 6.69. The van der Waals surface area contributed by atoms with E-state index in [-0.39, 0.29) is 12.8 Å². The zero-order valence-electron chi connectivity index (χ0n) is 9.95. The van der Waals surface area contributed by atoms with Gasteiger partial charge in [-0.15, -0.1) is 0 Å². The molecule has 0 aromatic carbocycles. The maximum Gasteiger partial charge on any atom is 0.273 e. The SMILES string of the molecule is CCCC(C)(O)C(CC)(CC)S(=O)(=O)O. The van der Waals surface area contributed by atoms with Crippen LogP contribution in [0, 0.1) is 0 Å². The molecule has 0 fully saturated rings. The van der Waals surface area contributed by atoms with Crippen molar-refractivity contribution in [1.82, 2.24) is 0 Å². The second-order valence-corrected chi connectivity index (χ2v) is 5.93. The van der Waals surface area contributed by atoms with Crippen LogP contribution < -0.4 is 0 Å². The highest BCUT2D eigenvalue weighted by Crippen LogP contribution is 2.39. The van der Waals surface area contributed by atoms with Crippen LogP contribution in [0.4, 0.5) is 0 Å². The summed E-state index contributed by atoms with van der Waals surface area (Å²) in [5.74, 6) is 0. The Bertz CT molecular complexity index is 289. The number of hydrogen-bond acceptors (Lipinski definition) is 3. The van der Waals surface area contributed by atoms with Crippen molar-refractivity contribution in [3.05, 3.63) is 0 Å². The predicted molar refractivity (Wildman–Crippen MR) is 60.4 cm³/mol. The van der Waals surface area contributed by atoms with Gasteiger partial charge in [-0.05, 0) is 26.2 Å². The van der Waals surface area contributed by atoms with E-state index in [1.54, 1.807) is 13.8 Å². The molecule has 0 amide bonds. The minimum Gasteiger partial charge on any atom is -0.388 e. The summed E-state index contributed by atoms with van der Waals surface area (Å²) in [4.78, 5) is 0. The van der Waals surface area contributed by atoms with Crippen molar-refractivity contribution in [3.63, 3.8) is 0 Å². The van der Waals surface area contributed by atoms with Gasteiger partial charge in [-0.2, -0.15) is 8.42 Å². The summed E-state index contributed by atoms with van der Waals surface area (Å²) < 4.78 is 30.7. The Morgan fingerprint density at radius 2 is 1.53 bits per heavy atom. The third-order valence-corrected chi connectivity index (χ3v) is 5.36. The minimum absolute atomic E-state index is 0.204. The van der Waals surface area contributed by atoms with E-state index >= 15 is 0 Å². The van der Waals surface area contributed by atoms with Gasteiger partial charge in [-0.3, -0.25) is 4.55 Å². The maximum absolute atomic E-state index is 11.4. The van der Waals surface area contributed by atoms with Crippen molar-refractivity contribution in [1.29, 1.82) is 0 Å². The van der Waals surface area contributed by atoms with Gasteiger partial charge in [0.15, 0.2) is 0 Å². The predicted octanol–water partition coefficient (Wildman–Crippen LogP) is 1.98. The van der Waals surface area contributed by atoms with Crippen LogP contribution in [0.15, 0.2) is 0 Å². The van der Waals surface area contributed by atoms with Crippen LogP contribution in [0.5, 0.6) is 0 Å². The quantitative estimate of drug-likeness (QED) is 0.694. The van der Waals surface area contributed by atoms with Gasteiger partial charge in [0.2, 0.25) is 0 Å². The van der Waals surface area contributed by atoms with Gasteiger partial charge in [-0.25, -0.2) is 0 Å². The standard InChI is InChI=1S/C10H22O4S/c1-5-8-9(4,11)10(6-2,7-3)15(12,13)14/h11H,5-8H2,1-4H3,(H,12,13,14). The van der Waals surface area contributed by atoms with Crippen molar-refractivity contribution in [3.8, 4) is 0 Å². The van der Waals surface area contributed by atoms with Crippen LogP contribution in [0.2, 0.25) is 0 Å². The molecular weight excluding hydrogens is 216 g/mol. The summed E-state index contributed by atoms with van der Waals surface area (Å²) >= 11 is 0. The van der Waals surface area contributed by atoms with Crippen LogP contribution in [0.25, 0.3) is 0 Å². The van der Waals surface area contributed by atoms with Crippen molar-refractivity contribution >= 4 is 10.1 Å². The average Bonchev–Trinajstić information content (AvgIpc) is 2.03. The molecule has 1 unspecified atom stereocenters. The monoisotopic (exact) mass is 238 g/mol. The highest BCUT2D eigenvalue weighted by molar-refractivity contribution is 7.87. The topological polar surface area (TPSA) is 74.6 Å². The van der Waals surface area contributed by atoms with Crippen LogP contribution in [-0.2, 0) is 10.1 Å². The average molecular weight is 238 g/mol. The van der Waals surface area contributed by atoms with Crippen LogP contribution in [-0.4, -0.2) is 28.4 Å². The van der Waals surface area contributed by atoms with E-state index in [2.05, 4.69) is 0 Å². The molecule has 0 bridgehead atoms. The summed E-state index contributed by atoms with van der Waals surface area (Å²) in [6.07, 6.45) is 1.43. The van der Waals surface area contributed by atoms with Gasteiger partial charge >= 0.3 is 0 Å². The molecule has 5 heteroatoms. The number of rotatable bonds is 6. The van der Waals surface area contributed by atoms with Gasteiger partial charge in [0.1, 0.15) is 4.75 Å². The Kier molecular flexibility index (Phi) is 4.76. The Morgan fingerprint density at radius 1 is 1.13 bits per heavy atom. The zero-order chi connectivity index (χ0) is 12.3. The first-order valence-corrected chi connectivity index (χ1v) is 6.82. The lowest BCUT2D eigenvalue weighted by molar-refractivity contribution is -0.00142. The molecule has 0 heterocycles. The molecule has 0 saturated carbocycles. The van der Waals surface area contributed by atoms with Gasteiger partial charge in [-0.1, -0.05) is 27.2 Å². The summed E-state index contributed by atoms with van der Waals surface area (Å²) in [6, 6.07) is 0. The fraction of sp³-hybridized carbons (Fsp3) is 1.00. The Morgan fingerprint density at radius 3 is 1.73 bits per heavy atom. The normalized spacial score (nSPS) is 17.5. The van der Waals surface area contributed by atoms with E-state index in [1.807, 2.05) is 6.92 Å². The van der Waals surface area contributed by atoms with E-state index in [0.717, 1.165) is 0 Å². The molecule has 0 rings (SSSR count). The molecule has 2 N–H and O–H groups in total. The highest BCUT2D eigenvalue weighted by atomic mass is 32.2. The van der Waals surface area contributed by atoms with E-state index in [0.29, 0.717) is 12.8 Å². The third kappa shape index (κ3) is 2.52. The molecule has 0 aromatic rings. The number of hydrogen-bond donors (Lipinski definition) is 2. The molecule has 0 aliphatic rings. The molecule has 0 spiro atoms. The second kappa shape index (κ2) is 4.80. The maximum atomic E-state index is 11.4. The zero-order valence-corrected chi connectivity index (χ0v) is 10.8. The molecule has 4 nitrogen and oxygen atoms in total. The van der Waals surface area contributed by atoms with Crippen LogP contribution in [0.1, 0.15) is 53.4 Å². The van der Waals surface area contributed by atoms with Crippen molar-refractivity contribution in [2.45, 2.75) is 63.7 Å². The Labute approximate surface area is 92.4 Å². The molecule has 92 valence electrons. The first-order valence-electron chi connectivity index (χ1n) is 5.38. The molecular formula is C10H22O4S. The Hall–Kier alpha value is -0.130.